The van der Waals surface area contributed by atoms with E-state index in [4.69, 9.17) is 4.74 Å². The van der Waals surface area contributed by atoms with E-state index in [0.29, 0.717) is 32.4 Å². The molecule has 0 bridgehead atoms. The van der Waals surface area contributed by atoms with E-state index >= 15 is 0 Å². The standard InChI is InChI=1S/C16H24N2O3S/c1-12-11-22-14(17-12)10-16(20)6-8-18(9-7-16)15(19)21-13-4-2-3-5-13/h11,13,20H,2-10H2,1H3. The topological polar surface area (TPSA) is 62.7 Å². The highest BCUT2D eigenvalue weighted by Crippen LogP contribution is 2.29. The van der Waals surface area contributed by atoms with Crippen molar-refractivity contribution in [3.8, 4) is 0 Å². The van der Waals surface area contributed by atoms with Gasteiger partial charge >= 0.3 is 6.09 Å². The molecule has 0 aromatic carbocycles. The molecule has 2 fully saturated rings. The van der Waals surface area contributed by atoms with E-state index in [9.17, 15) is 9.90 Å². The molecule has 1 aliphatic carbocycles. The molecular weight excluding hydrogens is 300 g/mol. The molecule has 1 aromatic rings. The van der Waals surface area contributed by atoms with Gasteiger partial charge in [-0.3, -0.25) is 0 Å². The third-order valence-electron chi connectivity index (χ3n) is 4.67. The van der Waals surface area contributed by atoms with Crippen LogP contribution in [0.1, 0.15) is 49.2 Å². The van der Waals surface area contributed by atoms with E-state index < -0.39 is 5.60 Å². The number of piperidine rings is 1. The lowest BCUT2D eigenvalue weighted by molar-refractivity contribution is -0.0240. The summed E-state index contributed by atoms with van der Waals surface area (Å²) in [4.78, 5) is 18.3. The van der Waals surface area contributed by atoms with E-state index in [1.54, 1.807) is 16.2 Å². The highest BCUT2D eigenvalue weighted by molar-refractivity contribution is 7.09. The Labute approximate surface area is 135 Å². The van der Waals surface area contributed by atoms with E-state index in [0.717, 1.165) is 36.4 Å². The molecule has 6 heteroatoms. The number of aliphatic hydroxyl groups is 1. The quantitative estimate of drug-likeness (QED) is 0.928. The van der Waals surface area contributed by atoms with Crippen LogP contribution in [0.4, 0.5) is 4.79 Å². The molecule has 1 saturated carbocycles. The highest BCUT2D eigenvalue weighted by atomic mass is 32.1. The van der Waals surface area contributed by atoms with Gasteiger partial charge in [-0.15, -0.1) is 11.3 Å². The van der Waals surface area contributed by atoms with Crippen LogP contribution in [0.3, 0.4) is 0 Å². The average molecular weight is 324 g/mol. The molecule has 0 unspecified atom stereocenters. The van der Waals surface area contributed by atoms with Gasteiger partial charge in [0.05, 0.1) is 10.6 Å². The van der Waals surface area contributed by atoms with Gasteiger partial charge in [0.1, 0.15) is 6.10 Å². The first-order valence-electron chi connectivity index (χ1n) is 8.13. The Bertz CT molecular complexity index is 517. The van der Waals surface area contributed by atoms with Crippen LogP contribution in [0.5, 0.6) is 0 Å². The summed E-state index contributed by atoms with van der Waals surface area (Å²) in [5.74, 6) is 0. The summed E-state index contributed by atoms with van der Waals surface area (Å²) in [5, 5.41) is 13.7. The number of nitrogens with zero attached hydrogens (tertiary/aromatic N) is 2. The Morgan fingerprint density at radius 1 is 1.45 bits per heavy atom. The fourth-order valence-electron chi connectivity index (χ4n) is 3.27. The molecule has 3 rings (SSSR count). The summed E-state index contributed by atoms with van der Waals surface area (Å²) in [6.45, 7) is 3.09. The van der Waals surface area contributed by atoms with Crippen LogP contribution in [0, 0.1) is 6.92 Å². The number of aryl methyl sites for hydroxylation is 1. The van der Waals surface area contributed by atoms with Crippen molar-refractivity contribution in [3.05, 3.63) is 16.1 Å². The van der Waals surface area contributed by atoms with Gasteiger partial charge < -0.3 is 14.7 Å². The molecule has 2 heterocycles. The number of hydrogen-bond donors (Lipinski definition) is 1. The fraction of sp³-hybridized carbons (Fsp3) is 0.750. The van der Waals surface area contributed by atoms with Crippen molar-refractivity contribution >= 4 is 17.4 Å². The molecule has 1 saturated heterocycles. The minimum atomic E-state index is -0.742. The summed E-state index contributed by atoms with van der Waals surface area (Å²) in [5.41, 5.74) is 0.259. The molecule has 122 valence electrons. The van der Waals surface area contributed by atoms with Crippen LogP contribution in [0.15, 0.2) is 5.38 Å². The Morgan fingerprint density at radius 3 is 2.73 bits per heavy atom. The molecular formula is C16H24N2O3S. The normalized spacial score (nSPS) is 22.0. The lowest BCUT2D eigenvalue weighted by Gasteiger charge is -2.37. The zero-order chi connectivity index (χ0) is 15.6. The van der Waals surface area contributed by atoms with E-state index in [1.165, 1.54) is 0 Å². The van der Waals surface area contributed by atoms with Crippen LogP contribution < -0.4 is 0 Å². The third kappa shape index (κ3) is 3.79. The van der Waals surface area contributed by atoms with Crippen molar-refractivity contribution in [1.29, 1.82) is 0 Å². The molecule has 1 aliphatic heterocycles. The maximum Gasteiger partial charge on any atom is 0.410 e. The number of aromatic nitrogens is 1. The molecule has 2 aliphatic rings. The first kappa shape index (κ1) is 15.7. The zero-order valence-corrected chi connectivity index (χ0v) is 13.9. The second-order valence-electron chi connectivity index (χ2n) is 6.56. The lowest BCUT2D eigenvalue weighted by atomic mass is 9.88. The molecule has 0 radical (unpaired) electrons. The van der Waals surface area contributed by atoms with Crippen molar-refractivity contribution in [2.24, 2.45) is 0 Å². The number of carbonyl (C=O) groups excluding carboxylic acids is 1. The van der Waals surface area contributed by atoms with Gasteiger partial charge in [-0.2, -0.15) is 0 Å². The maximum atomic E-state index is 12.1. The lowest BCUT2D eigenvalue weighted by Crippen LogP contribution is -2.48. The van der Waals surface area contributed by atoms with Crippen molar-refractivity contribution in [2.75, 3.05) is 13.1 Å². The first-order chi connectivity index (χ1) is 10.5. The van der Waals surface area contributed by atoms with Gasteiger partial charge in [0.2, 0.25) is 0 Å². The maximum absolute atomic E-state index is 12.1. The Hall–Kier alpha value is -1.14. The molecule has 0 atom stereocenters. The predicted octanol–water partition coefficient (Wildman–Crippen LogP) is 2.90. The van der Waals surface area contributed by atoms with Crippen LogP contribution in [-0.2, 0) is 11.2 Å². The van der Waals surface area contributed by atoms with Crippen LogP contribution >= 0.6 is 11.3 Å². The van der Waals surface area contributed by atoms with E-state index in [1.807, 2.05) is 12.3 Å². The number of ether oxygens (including phenoxy) is 1. The van der Waals surface area contributed by atoms with Gasteiger partial charge in [0.25, 0.3) is 0 Å². The van der Waals surface area contributed by atoms with E-state index in [-0.39, 0.29) is 12.2 Å². The number of hydrogen-bond acceptors (Lipinski definition) is 5. The average Bonchev–Trinajstić information content (AvgIpc) is 3.11. The Morgan fingerprint density at radius 2 is 2.14 bits per heavy atom. The van der Waals surface area contributed by atoms with E-state index in [2.05, 4.69) is 4.98 Å². The number of amides is 1. The minimum Gasteiger partial charge on any atom is -0.446 e. The Kier molecular flexibility index (Phi) is 4.68. The Balaban J connectivity index is 1.49. The summed E-state index contributed by atoms with van der Waals surface area (Å²) >= 11 is 1.59. The number of rotatable bonds is 3. The summed E-state index contributed by atoms with van der Waals surface area (Å²) in [6, 6.07) is 0. The van der Waals surface area contributed by atoms with Gasteiger partial charge in [0, 0.05) is 30.6 Å². The van der Waals surface area contributed by atoms with Crippen molar-refractivity contribution < 1.29 is 14.6 Å². The van der Waals surface area contributed by atoms with Crippen LogP contribution in [-0.4, -0.2) is 45.9 Å². The summed E-state index contributed by atoms with van der Waals surface area (Å²) in [6.07, 6.45) is 5.95. The number of thiazole rings is 1. The SMILES string of the molecule is Cc1csc(CC2(O)CCN(C(=O)OC3CCCC3)CC2)n1. The highest BCUT2D eigenvalue weighted by Gasteiger charge is 2.36. The van der Waals surface area contributed by atoms with Gasteiger partial charge in [-0.05, 0) is 45.4 Å². The van der Waals surface area contributed by atoms with Gasteiger partial charge in [0.15, 0.2) is 0 Å². The van der Waals surface area contributed by atoms with Gasteiger partial charge in [-0.1, -0.05) is 0 Å². The first-order valence-corrected chi connectivity index (χ1v) is 9.01. The monoisotopic (exact) mass is 324 g/mol. The molecule has 1 aromatic heterocycles. The second-order valence-corrected chi connectivity index (χ2v) is 7.50. The van der Waals surface area contributed by atoms with Crippen molar-refractivity contribution in [3.63, 3.8) is 0 Å². The second kappa shape index (κ2) is 6.54. The smallest absolute Gasteiger partial charge is 0.410 e. The number of likely N-dealkylation sites (tertiary alicyclic amines) is 1. The number of carbonyl (C=O) groups is 1. The van der Waals surface area contributed by atoms with Crippen molar-refractivity contribution in [1.82, 2.24) is 9.88 Å². The molecule has 0 spiro atoms. The molecule has 5 nitrogen and oxygen atoms in total. The van der Waals surface area contributed by atoms with Gasteiger partial charge in [-0.25, -0.2) is 9.78 Å². The zero-order valence-electron chi connectivity index (χ0n) is 13.1. The van der Waals surface area contributed by atoms with Crippen LogP contribution in [0.2, 0.25) is 0 Å². The predicted molar refractivity (Wildman–Crippen MR) is 85.0 cm³/mol. The fourth-order valence-corrected chi connectivity index (χ4v) is 4.18. The minimum absolute atomic E-state index is 0.103. The molecule has 1 N–H and O–H groups in total. The van der Waals surface area contributed by atoms with Crippen molar-refractivity contribution in [2.45, 2.75) is 63.6 Å². The molecule has 1 amide bonds. The molecule has 22 heavy (non-hydrogen) atoms. The summed E-state index contributed by atoms with van der Waals surface area (Å²) in [7, 11) is 0. The third-order valence-corrected chi connectivity index (χ3v) is 5.64. The van der Waals surface area contributed by atoms with Crippen LogP contribution in [0.25, 0.3) is 0 Å². The largest absolute Gasteiger partial charge is 0.446 e. The summed E-state index contributed by atoms with van der Waals surface area (Å²) < 4.78 is 5.54.